The summed E-state index contributed by atoms with van der Waals surface area (Å²) in [6.07, 6.45) is 0.528. The van der Waals surface area contributed by atoms with Crippen LogP contribution in [0.5, 0.6) is 0 Å². The summed E-state index contributed by atoms with van der Waals surface area (Å²) in [5, 5.41) is 0. The van der Waals surface area contributed by atoms with Crippen molar-refractivity contribution in [1.82, 2.24) is 0 Å². The van der Waals surface area contributed by atoms with Crippen LogP contribution in [0.15, 0.2) is 0 Å². The van der Waals surface area contributed by atoms with Gasteiger partial charge in [0.2, 0.25) is 0 Å². The molecular formula is C7H17NO2. The molecule has 0 aromatic carbocycles. The minimum absolute atomic E-state index is 0.181. The Hall–Kier alpha value is -0.120. The predicted octanol–water partition coefficient (Wildman–Crippen LogP) is 0.733. The Bertz CT molecular complexity index is 84.1. The lowest BCUT2D eigenvalue weighted by atomic mass is 10.0. The molecule has 0 rings (SSSR count). The second-order valence-corrected chi connectivity index (χ2v) is 3.09. The van der Waals surface area contributed by atoms with Gasteiger partial charge >= 0.3 is 0 Å². The molecule has 62 valence electrons. The molecule has 0 unspecified atom stereocenters. The third-order valence-electron chi connectivity index (χ3n) is 1.22. The van der Waals surface area contributed by atoms with Crippen LogP contribution in [0.4, 0.5) is 0 Å². The quantitative estimate of drug-likeness (QED) is 0.596. The highest BCUT2D eigenvalue weighted by Gasteiger charge is 2.17. The number of nitrogens with two attached hydrogens (primary N) is 1. The van der Waals surface area contributed by atoms with Crippen LogP contribution >= 0.6 is 0 Å². The smallest absolute Gasteiger partial charge is 0.158 e. The summed E-state index contributed by atoms with van der Waals surface area (Å²) in [5.41, 5.74) is 5.50. The van der Waals surface area contributed by atoms with Crippen LogP contribution in [-0.2, 0) is 9.47 Å². The maximum absolute atomic E-state index is 5.73. The van der Waals surface area contributed by atoms with Gasteiger partial charge in [0.15, 0.2) is 6.29 Å². The fraction of sp³-hybridized carbons (Fsp3) is 1.00. The van der Waals surface area contributed by atoms with E-state index in [1.165, 1.54) is 0 Å². The van der Waals surface area contributed by atoms with E-state index in [1.54, 1.807) is 14.2 Å². The lowest BCUT2D eigenvalue weighted by Crippen LogP contribution is -2.37. The van der Waals surface area contributed by atoms with Gasteiger partial charge in [-0.3, -0.25) is 0 Å². The van der Waals surface area contributed by atoms with Gasteiger partial charge in [0.05, 0.1) is 0 Å². The van der Waals surface area contributed by atoms with E-state index < -0.39 is 0 Å². The molecule has 0 amide bonds. The summed E-state index contributed by atoms with van der Waals surface area (Å²) in [7, 11) is 3.22. The van der Waals surface area contributed by atoms with E-state index in [4.69, 9.17) is 15.2 Å². The topological polar surface area (TPSA) is 44.5 Å². The van der Waals surface area contributed by atoms with E-state index in [0.717, 1.165) is 0 Å². The standard InChI is InChI=1S/C7H17NO2/c1-7(2,8)5-6(9-3)10-4/h6H,5,8H2,1-4H3. The summed E-state index contributed by atoms with van der Waals surface area (Å²) in [4.78, 5) is 0. The van der Waals surface area contributed by atoms with Gasteiger partial charge in [-0.1, -0.05) is 0 Å². The van der Waals surface area contributed by atoms with E-state index in [1.807, 2.05) is 13.8 Å². The maximum atomic E-state index is 5.73. The first-order chi connectivity index (χ1) is 4.49. The minimum atomic E-state index is -0.226. The van der Waals surface area contributed by atoms with E-state index in [9.17, 15) is 0 Å². The maximum Gasteiger partial charge on any atom is 0.158 e. The van der Waals surface area contributed by atoms with Crippen molar-refractivity contribution in [3.8, 4) is 0 Å². The lowest BCUT2D eigenvalue weighted by molar-refractivity contribution is -0.114. The molecule has 0 aliphatic heterocycles. The van der Waals surface area contributed by atoms with Crippen molar-refractivity contribution in [3.05, 3.63) is 0 Å². The van der Waals surface area contributed by atoms with Crippen LogP contribution in [0.25, 0.3) is 0 Å². The van der Waals surface area contributed by atoms with Gasteiger partial charge in [-0.25, -0.2) is 0 Å². The Morgan fingerprint density at radius 2 is 1.70 bits per heavy atom. The van der Waals surface area contributed by atoms with Gasteiger partial charge in [0, 0.05) is 26.2 Å². The van der Waals surface area contributed by atoms with Crippen LogP contribution < -0.4 is 5.73 Å². The molecule has 0 aliphatic carbocycles. The molecule has 0 aromatic rings. The van der Waals surface area contributed by atoms with Crippen LogP contribution in [0, 0.1) is 0 Å². The third kappa shape index (κ3) is 4.73. The zero-order chi connectivity index (χ0) is 8.20. The van der Waals surface area contributed by atoms with Crippen molar-refractivity contribution < 1.29 is 9.47 Å². The monoisotopic (exact) mass is 147 g/mol. The molecule has 0 spiro atoms. The SMILES string of the molecule is COC(CC(C)(C)N)OC. The average Bonchev–Trinajstić information content (AvgIpc) is 1.81. The highest BCUT2D eigenvalue weighted by atomic mass is 16.7. The normalized spacial score (nSPS) is 12.6. The van der Waals surface area contributed by atoms with Crippen molar-refractivity contribution in [1.29, 1.82) is 0 Å². The molecule has 2 N–H and O–H groups in total. The van der Waals surface area contributed by atoms with Crippen LogP contribution in [0.2, 0.25) is 0 Å². The van der Waals surface area contributed by atoms with Gasteiger partial charge in [0.25, 0.3) is 0 Å². The molecule has 0 bridgehead atoms. The number of rotatable bonds is 4. The molecule has 0 radical (unpaired) electrons. The van der Waals surface area contributed by atoms with Crippen molar-refractivity contribution in [2.75, 3.05) is 14.2 Å². The summed E-state index contributed by atoms with van der Waals surface area (Å²) in [5.74, 6) is 0. The van der Waals surface area contributed by atoms with Gasteiger partial charge in [-0.05, 0) is 13.8 Å². The van der Waals surface area contributed by atoms with Crippen LogP contribution in [-0.4, -0.2) is 26.0 Å². The molecule has 0 aliphatic rings. The first-order valence-electron chi connectivity index (χ1n) is 3.34. The van der Waals surface area contributed by atoms with Gasteiger partial charge < -0.3 is 15.2 Å². The highest BCUT2D eigenvalue weighted by Crippen LogP contribution is 2.09. The summed E-state index contributed by atoms with van der Waals surface area (Å²) in [6.45, 7) is 3.88. The zero-order valence-corrected chi connectivity index (χ0v) is 7.18. The number of ether oxygens (including phenoxy) is 2. The highest BCUT2D eigenvalue weighted by molar-refractivity contribution is 4.72. The fourth-order valence-corrected chi connectivity index (χ4v) is 0.692. The number of methoxy groups -OCH3 is 2. The largest absolute Gasteiger partial charge is 0.356 e. The molecule has 3 nitrogen and oxygen atoms in total. The van der Waals surface area contributed by atoms with E-state index in [0.29, 0.717) is 6.42 Å². The summed E-state index contributed by atoms with van der Waals surface area (Å²) < 4.78 is 9.95. The molecule has 0 saturated heterocycles. The van der Waals surface area contributed by atoms with Gasteiger partial charge in [0.1, 0.15) is 0 Å². The molecule has 10 heavy (non-hydrogen) atoms. The Morgan fingerprint density at radius 3 is 1.80 bits per heavy atom. The Balaban J connectivity index is 3.63. The van der Waals surface area contributed by atoms with Crippen molar-refractivity contribution >= 4 is 0 Å². The Morgan fingerprint density at radius 1 is 1.30 bits per heavy atom. The zero-order valence-electron chi connectivity index (χ0n) is 7.18. The number of hydrogen-bond donors (Lipinski definition) is 1. The first kappa shape index (κ1) is 9.88. The van der Waals surface area contributed by atoms with Gasteiger partial charge in [-0.2, -0.15) is 0 Å². The molecule has 0 aromatic heterocycles. The minimum Gasteiger partial charge on any atom is -0.356 e. The van der Waals surface area contributed by atoms with Crippen molar-refractivity contribution in [2.24, 2.45) is 5.73 Å². The molecule has 0 heterocycles. The molecule has 0 saturated carbocycles. The molecule has 0 atom stereocenters. The average molecular weight is 147 g/mol. The van der Waals surface area contributed by atoms with Gasteiger partial charge in [-0.15, -0.1) is 0 Å². The summed E-state index contributed by atoms with van der Waals surface area (Å²) in [6, 6.07) is 0. The Labute approximate surface area is 62.5 Å². The number of hydrogen-bond acceptors (Lipinski definition) is 3. The third-order valence-corrected chi connectivity index (χ3v) is 1.22. The predicted molar refractivity (Wildman–Crippen MR) is 40.7 cm³/mol. The fourth-order valence-electron chi connectivity index (χ4n) is 0.692. The van der Waals surface area contributed by atoms with Crippen LogP contribution in [0.1, 0.15) is 20.3 Å². The molecule has 0 fully saturated rings. The molecular weight excluding hydrogens is 130 g/mol. The molecule has 3 heteroatoms. The Kier molecular flexibility index (Phi) is 3.86. The van der Waals surface area contributed by atoms with Crippen LogP contribution in [0.3, 0.4) is 0 Å². The lowest BCUT2D eigenvalue weighted by Gasteiger charge is -2.23. The first-order valence-corrected chi connectivity index (χ1v) is 3.34. The summed E-state index contributed by atoms with van der Waals surface area (Å²) >= 11 is 0. The van der Waals surface area contributed by atoms with E-state index in [-0.39, 0.29) is 11.8 Å². The van der Waals surface area contributed by atoms with E-state index >= 15 is 0 Å². The van der Waals surface area contributed by atoms with Crippen molar-refractivity contribution in [3.63, 3.8) is 0 Å². The second-order valence-electron chi connectivity index (χ2n) is 3.09. The second kappa shape index (κ2) is 3.91. The van der Waals surface area contributed by atoms with Crippen molar-refractivity contribution in [2.45, 2.75) is 32.1 Å². The van der Waals surface area contributed by atoms with E-state index in [2.05, 4.69) is 0 Å².